The average Bonchev–Trinajstić information content (AvgIpc) is 3.22. The predicted octanol–water partition coefficient (Wildman–Crippen LogP) is 3.93. The lowest BCUT2D eigenvalue weighted by Gasteiger charge is -2.22. The Labute approximate surface area is 213 Å². The topological polar surface area (TPSA) is 143 Å². The van der Waals surface area contributed by atoms with Gasteiger partial charge in [-0.1, -0.05) is 18.2 Å². The molecular formula is C26H28N6O5. The Bertz CT molecular complexity index is 1400. The van der Waals surface area contributed by atoms with E-state index < -0.39 is 23.7 Å². The summed E-state index contributed by atoms with van der Waals surface area (Å²) in [6, 6.07) is 15.7. The highest BCUT2D eigenvalue weighted by atomic mass is 16.6. The number of aromatic nitrogens is 4. The summed E-state index contributed by atoms with van der Waals surface area (Å²) in [5.74, 6) is 0.926. The first-order valence-electron chi connectivity index (χ1n) is 11.5. The molecule has 192 valence electrons. The third kappa shape index (κ3) is 6.13. The van der Waals surface area contributed by atoms with E-state index in [1.54, 1.807) is 20.8 Å². The Balaban J connectivity index is 1.65. The molecule has 0 bridgehead atoms. The number of methoxy groups -OCH3 is 1. The third-order valence-electron chi connectivity index (χ3n) is 5.20. The summed E-state index contributed by atoms with van der Waals surface area (Å²) in [5.41, 5.74) is 7.10. The van der Waals surface area contributed by atoms with Crippen molar-refractivity contribution in [1.29, 1.82) is 0 Å². The van der Waals surface area contributed by atoms with Crippen LogP contribution >= 0.6 is 0 Å². The molecule has 11 heteroatoms. The molecule has 37 heavy (non-hydrogen) atoms. The number of carbonyl (C=O) groups is 2. The third-order valence-corrected chi connectivity index (χ3v) is 5.20. The summed E-state index contributed by atoms with van der Waals surface area (Å²) >= 11 is 0. The molecule has 2 aromatic carbocycles. The molecule has 3 N–H and O–H groups in total. The number of para-hydroxylation sites is 1. The van der Waals surface area contributed by atoms with Crippen molar-refractivity contribution < 1.29 is 23.8 Å². The number of nitrogens with two attached hydrogens (primary N) is 1. The number of esters is 1. The molecule has 0 spiro atoms. The van der Waals surface area contributed by atoms with Crippen LogP contribution in [0, 0.1) is 0 Å². The van der Waals surface area contributed by atoms with E-state index in [9.17, 15) is 9.59 Å². The Morgan fingerprint density at radius 2 is 1.70 bits per heavy atom. The Hall–Kier alpha value is -4.67. The fourth-order valence-electron chi connectivity index (χ4n) is 3.61. The van der Waals surface area contributed by atoms with Gasteiger partial charge in [-0.15, -0.1) is 0 Å². The normalized spacial score (nSPS) is 12.1. The van der Waals surface area contributed by atoms with Crippen molar-refractivity contribution in [2.24, 2.45) is 0 Å². The number of anilines is 1. The summed E-state index contributed by atoms with van der Waals surface area (Å²) in [6.45, 7) is 5.10. The molecular weight excluding hydrogens is 476 g/mol. The van der Waals surface area contributed by atoms with Gasteiger partial charge in [0.1, 0.15) is 41.0 Å². The lowest BCUT2D eigenvalue weighted by Crippen LogP contribution is -2.46. The van der Waals surface area contributed by atoms with Crippen molar-refractivity contribution in [2.45, 2.75) is 39.0 Å². The second kappa shape index (κ2) is 10.5. The number of alkyl carbamates (subject to hydrolysis) is 1. The number of hydrogen-bond acceptors (Lipinski definition) is 9. The Morgan fingerprint density at radius 1 is 1.03 bits per heavy atom. The van der Waals surface area contributed by atoms with Crippen molar-refractivity contribution in [3.8, 4) is 22.8 Å². The SMILES string of the molecule is COC(=O)[C@H](Cn1nc(-c2ccc(Oc3ccccc3)cc2)c2c(N)ncnc21)NC(=O)OC(C)(C)C. The smallest absolute Gasteiger partial charge is 0.408 e. The molecule has 0 unspecified atom stereocenters. The van der Waals surface area contributed by atoms with Gasteiger partial charge in [-0.05, 0) is 57.2 Å². The number of hydrogen-bond donors (Lipinski definition) is 2. The van der Waals surface area contributed by atoms with Gasteiger partial charge in [-0.25, -0.2) is 24.2 Å². The minimum absolute atomic E-state index is 0.0753. The molecule has 0 aliphatic rings. The molecule has 0 radical (unpaired) electrons. The molecule has 0 saturated heterocycles. The monoisotopic (exact) mass is 504 g/mol. The zero-order valence-corrected chi connectivity index (χ0v) is 21.0. The average molecular weight is 505 g/mol. The number of fused-ring (bicyclic) bond motifs is 1. The van der Waals surface area contributed by atoms with Crippen molar-refractivity contribution in [2.75, 3.05) is 12.8 Å². The molecule has 1 amide bonds. The first kappa shape index (κ1) is 25.4. The Kier molecular flexibility index (Phi) is 7.23. The molecule has 0 aliphatic carbocycles. The van der Waals surface area contributed by atoms with E-state index in [1.807, 2.05) is 54.6 Å². The summed E-state index contributed by atoms with van der Waals surface area (Å²) in [6.07, 6.45) is 0.549. The fraction of sp³-hybridized carbons (Fsp3) is 0.269. The Morgan fingerprint density at radius 3 is 2.35 bits per heavy atom. The van der Waals surface area contributed by atoms with Crippen molar-refractivity contribution >= 4 is 28.9 Å². The molecule has 0 saturated carbocycles. The highest BCUT2D eigenvalue weighted by Crippen LogP contribution is 2.32. The number of ether oxygens (including phenoxy) is 3. The van der Waals surface area contributed by atoms with Gasteiger partial charge < -0.3 is 25.3 Å². The minimum Gasteiger partial charge on any atom is -0.467 e. The maximum Gasteiger partial charge on any atom is 0.408 e. The van der Waals surface area contributed by atoms with Crippen molar-refractivity contribution in [3.63, 3.8) is 0 Å². The van der Waals surface area contributed by atoms with Crippen LogP contribution in [-0.4, -0.2) is 50.6 Å². The zero-order chi connectivity index (χ0) is 26.6. The summed E-state index contributed by atoms with van der Waals surface area (Å²) in [7, 11) is 1.23. The van der Waals surface area contributed by atoms with E-state index in [4.69, 9.17) is 19.9 Å². The van der Waals surface area contributed by atoms with E-state index in [0.717, 1.165) is 5.56 Å². The zero-order valence-electron chi connectivity index (χ0n) is 21.0. The van der Waals surface area contributed by atoms with Gasteiger partial charge in [-0.3, -0.25) is 0 Å². The van der Waals surface area contributed by atoms with Crippen LogP contribution in [0.2, 0.25) is 0 Å². The number of rotatable bonds is 7. The molecule has 0 aliphatic heterocycles. The van der Waals surface area contributed by atoms with Crippen LogP contribution in [0.25, 0.3) is 22.3 Å². The van der Waals surface area contributed by atoms with Crippen LogP contribution in [0.3, 0.4) is 0 Å². The quantitative estimate of drug-likeness (QED) is 0.358. The highest BCUT2D eigenvalue weighted by Gasteiger charge is 2.28. The molecule has 4 aromatic rings. The van der Waals surface area contributed by atoms with E-state index in [2.05, 4.69) is 20.4 Å². The highest BCUT2D eigenvalue weighted by molar-refractivity contribution is 5.98. The predicted molar refractivity (Wildman–Crippen MR) is 137 cm³/mol. The molecule has 2 aromatic heterocycles. The first-order valence-corrected chi connectivity index (χ1v) is 11.5. The van der Waals surface area contributed by atoms with Gasteiger partial charge >= 0.3 is 12.1 Å². The second-order valence-electron chi connectivity index (χ2n) is 9.15. The van der Waals surface area contributed by atoms with Crippen LogP contribution in [0.1, 0.15) is 20.8 Å². The van der Waals surface area contributed by atoms with Gasteiger partial charge in [-0.2, -0.15) is 5.10 Å². The molecule has 2 heterocycles. The number of nitrogens with one attached hydrogen (secondary N) is 1. The lowest BCUT2D eigenvalue weighted by atomic mass is 10.1. The lowest BCUT2D eigenvalue weighted by molar-refractivity contribution is -0.143. The van der Waals surface area contributed by atoms with E-state index >= 15 is 0 Å². The first-order chi connectivity index (χ1) is 17.6. The molecule has 0 fully saturated rings. The van der Waals surface area contributed by atoms with E-state index in [1.165, 1.54) is 18.1 Å². The number of amides is 1. The summed E-state index contributed by atoms with van der Waals surface area (Å²) in [5, 5.41) is 7.72. The maximum atomic E-state index is 12.5. The maximum absolute atomic E-state index is 12.5. The van der Waals surface area contributed by atoms with E-state index in [-0.39, 0.29) is 12.4 Å². The van der Waals surface area contributed by atoms with E-state index in [0.29, 0.717) is 28.2 Å². The second-order valence-corrected chi connectivity index (χ2v) is 9.15. The number of benzene rings is 2. The summed E-state index contributed by atoms with van der Waals surface area (Å²) in [4.78, 5) is 33.3. The number of nitrogens with zero attached hydrogens (tertiary/aromatic N) is 4. The summed E-state index contributed by atoms with van der Waals surface area (Å²) < 4.78 is 17.5. The van der Waals surface area contributed by atoms with Crippen LogP contribution in [0.5, 0.6) is 11.5 Å². The molecule has 1 atom stereocenters. The molecule has 11 nitrogen and oxygen atoms in total. The number of carbonyl (C=O) groups excluding carboxylic acids is 2. The van der Waals surface area contributed by atoms with Gasteiger partial charge in [0, 0.05) is 5.56 Å². The van der Waals surface area contributed by atoms with Crippen LogP contribution < -0.4 is 15.8 Å². The standard InChI is InChI=1S/C26H28N6O5/c1-26(2,3)37-25(34)30-19(24(33)35-4)14-32-23-20(22(27)28-15-29-23)21(31-32)16-10-12-18(13-11-16)36-17-8-6-5-7-9-17/h5-13,15,19H,14H2,1-4H3,(H,30,34)(H2,27,28,29)/t19-/m0/s1. The van der Waals surface area contributed by atoms with Gasteiger partial charge in [0.05, 0.1) is 19.0 Å². The van der Waals surface area contributed by atoms with Crippen LogP contribution in [-0.2, 0) is 20.8 Å². The van der Waals surface area contributed by atoms with Crippen LogP contribution in [0.4, 0.5) is 10.6 Å². The fourth-order valence-corrected chi connectivity index (χ4v) is 3.61. The van der Waals surface area contributed by atoms with Crippen LogP contribution in [0.15, 0.2) is 60.9 Å². The minimum atomic E-state index is -1.09. The largest absolute Gasteiger partial charge is 0.467 e. The van der Waals surface area contributed by atoms with Gasteiger partial charge in [0.2, 0.25) is 0 Å². The molecule has 4 rings (SSSR count). The van der Waals surface area contributed by atoms with Crippen molar-refractivity contribution in [3.05, 3.63) is 60.9 Å². The van der Waals surface area contributed by atoms with Gasteiger partial charge in [0.25, 0.3) is 0 Å². The van der Waals surface area contributed by atoms with Gasteiger partial charge in [0.15, 0.2) is 5.65 Å². The number of nitrogen functional groups attached to an aromatic ring is 1. The van der Waals surface area contributed by atoms with Crippen molar-refractivity contribution in [1.82, 2.24) is 25.1 Å².